The van der Waals surface area contributed by atoms with Crippen LogP contribution in [0.2, 0.25) is 0 Å². The number of hydrogen-bond acceptors (Lipinski definition) is 8. The molecule has 7 nitrogen and oxygen atoms in total. The van der Waals surface area contributed by atoms with Gasteiger partial charge in [-0.3, -0.25) is 0 Å². The van der Waals surface area contributed by atoms with Gasteiger partial charge in [0.2, 0.25) is 5.13 Å². The topological polar surface area (TPSA) is 92.4 Å². The summed E-state index contributed by atoms with van der Waals surface area (Å²) in [5, 5.41) is 17.5. The van der Waals surface area contributed by atoms with Gasteiger partial charge in [-0.25, -0.2) is 4.79 Å². The number of oxazole rings is 1. The van der Waals surface area contributed by atoms with Crippen LogP contribution in [0.25, 0.3) is 0 Å². The smallest absolute Gasteiger partial charge is 0.357 e. The Kier molecular flexibility index (Phi) is 3.29. The summed E-state index contributed by atoms with van der Waals surface area (Å²) >= 11 is 2.51. The molecule has 0 saturated heterocycles. The molecule has 2 heterocycles. The average Bonchev–Trinajstić information content (AvgIpc) is 2.87. The Balaban J connectivity index is 2.11. The predicted octanol–water partition coefficient (Wildman–Crippen LogP) is 1.44. The Morgan fingerprint density at radius 1 is 1.53 bits per heavy atom. The lowest BCUT2D eigenvalue weighted by Crippen LogP contribution is -2.07. The minimum Gasteiger partial charge on any atom is -0.476 e. The lowest BCUT2D eigenvalue weighted by molar-refractivity contribution is 0.0690. The van der Waals surface area contributed by atoms with E-state index >= 15 is 0 Å². The fourth-order valence-electron chi connectivity index (χ4n) is 0.902. The largest absolute Gasteiger partial charge is 0.476 e. The van der Waals surface area contributed by atoms with Gasteiger partial charge in [-0.15, -0.1) is 10.2 Å². The van der Waals surface area contributed by atoms with Crippen LogP contribution in [-0.4, -0.2) is 40.4 Å². The summed E-state index contributed by atoms with van der Waals surface area (Å²) < 4.78 is 5.64. The Morgan fingerprint density at radius 3 is 2.82 bits per heavy atom. The van der Waals surface area contributed by atoms with E-state index in [1.807, 2.05) is 19.0 Å². The van der Waals surface area contributed by atoms with E-state index in [0.29, 0.717) is 4.34 Å². The number of carbonyl (C=O) groups is 1. The minimum atomic E-state index is -1.12. The molecule has 0 radical (unpaired) electrons. The molecule has 0 aliphatic carbocycles. The molecule has 9 heteroatoms. The molecule has 0 amide bonds. The fourth-order valence-corrected chi connectivity index (χ4v) is 2.48. The van der Waals surface area contributed by atoms with E-state index in [1.165, 1.54) is 11.3 Å². The van der Waals surface area contributed by atoms with Crippen LogP contribution in [0, 0.1) is 0 Å². The number of carboxylic acid groups (broad SMARTS) is 1. The Hall–Kier alpha value is -1.61. The molecule has 0 atom stereocenters. The lowest BCUT2D eigenvalue weighted by atomic mass is 10.5. The molecule has 0 fully saturated rings. The summed E-state index contributed by atoms with van der Waals surface area (Å²) in [7, 11) is 3.73. The van der Waals surface area contributed by atoms with Crippen molar-refractivity contribution in [2.45, 2.75) is 9.56 Å². The van der Waals surface area contributed by atoms with Gasteiger partial charge in [0.15, 0.2) is 10.0 Å². The van der Waals surface area contributed by atoms with Crippen molar-refractivity contribution in [1.82, 2.24) is 15.2 Å². The summed E-state index contributed by atoms with van der Waals surface area (Å²) in [5.41, 5.74) is -0.121. The SMILES string of the molecule is CN(C)c1nnc(Sc2nc(C(=O)O)co2)s1. The molecule has 0 aliphatic heterocycles. The van der Waals surface area contributed by atoms with E-state index in [1.54, 1.807) is 0 Å². The third-order valence-electron chi connectivity index (χ3n) is 1.66. The second-order valence-electron chi connectivity index (χ2n) is 3.15. The molecule has 2 aromatic heterocycles. The highest BCUT2D eigenvalue weighted by Gasteiger charge is 2.14. The summed E-state index contributed by atoms with van der Waals surface area (Å²) in [4.78, 5) is 16.2. The normalized spacial score (nSPS) is 10.5. The second kappa shape index (κ2) is 4.72. The molecule has 17 heavy (non-hydrogen) atoms. The van der Waals surface area contributed by atoms with Crippen LogP contribution >= 0.6 is 23.1 Å². The van der Waals surface area contributed by atoms with Crippen molar-refractivity contribution in [3.8, 4) is 0 Å². The third-order valence-corrected chi connectivity index (χ3v) is 3.66. The van der Waals surface area contributed by atoms with Crippen molar-refractivity contribution >= 4 is 34.2 Å². The Labute approximate surface area is 104 Å². The van der Waals surface area contributed by atoms with E-state index in [9.17, 15) is 4.79 Å². The Morgan fingerprint density at radius 2 is 2.29 bits per heavy atom. The molecular formula is C8H8N4O3S2. The number of aromatic carboxylic acids is 1. The maximum atomic E-state index is 10.6. The van der Waals surface area contributed by atoms with Gasteiger partial charge in [-0.05, 0) is 0 Å². The molecule has 0 bridgehead atoms. The molecule has 0 unspecified atom stereocenters. The summed E-state index contributed by atoms with van der Waals surface area (Å²) in [6.45, 7) is 0. The monoisotopic (exact) mass is 272 g/mol. The van der Waals surface area contributed by atoms with Crippen molar-refractivity contribution in [3.05, 3.63) is 12.0 Å². The van der Waals surface area contributed by atoms with Gasteiger partial charge < -0.3 is 14.4 Å². The lowest BCUT2D eigenvalue weighted by Gasteiger charge is -2.03. The van der Waals surface area contributed by atoms with Crippen LogP contribution in [0.1, 0.15) is 10.5 Å². The molecular weight excluding hydrogens is 264 g/mol. The van der Waals surface area contributed by atoms with Crippen molar-refractivity contribution in [1.29, 1.82) is 0 Å². The number of hydrogen-bond donors (Lipinski definition) is 1. The number of aromatic nitrogens is 3. The van der Waals surface area contributed by atoms with Crippen molar-refractivity contribution < 1.29 is 14.3 Å². The molecule has 1 N–H and O–H groups in total. The van der Waals surface area contributed by atoms with Crippen LogP contribution in [0.3, 0.4) is 0 Å². The Bertz CT molecular complexity index is 536. The zero-order valence-corrected chi connectivity index (χ0v) is 10.6. The summed E-state index contributed by atoms with van der Waals surface area (Å²) in [6, 6.07) is 0. The van der Waals surface area contributed by atoms with Crippen LogP contribution in [0.4, 0.5) is 5.13 Å². The van der Waals surface area contributed by atoms with Gasteiger partial charge in [0.1, 0.15) is 6.26 Å². The molecule has 0 spiro atoms. The molecule has 0 aromatic carbocycles. The molecule has 2 aromatic rings. The minimum absolute atomic E-state index is 0.121. The van der Waals surface area contributed by atoms with Crippen LogP contribution in [0.5, 0.6) is 0 Å². The third kappa shape index (κ3) is 2.74. The van der Waals surface area contributed by atoms with Crippen LogP contribution < -0.4 is 4.90 Å². The van der Waals surface area contributed by atoms with Crippen molar-refractivity contribution in [2.24, 2.45) is 0 Å². The number of carboxylic acids is 1. The van der Waals surface area contributed by atoms with Gasteiger partial charge in [0.25, 0.3) is 5.22 Å². The summed E-state index contributed by atoms with van der Waals surface area (Å²) in [5.74, 6) is -1.12. The summed E-state index contributed by atoms with van der Waals surface area (Å²) in [6.07, 6.45) is 1.10. The highest BCUT2D eigenvalue weighted by Crippen LogP contribution is 2.31. The molecule has 0 aliphatic rings. The first-order chi connectivity index (χ1) is 8.06. The van der Waals surface area contributed by atoms with Crippen molar-refractivity contribution in [2.75, 3.05) is 19.0 Å². The second-order valence-corrected chi connectivity index (χ2v) is 5.31. The highest BCUT2D eigenvalue weighted by molar-refractivity contribution is 8.00. The molecule has 2 rings (SSSR count). The number of nitrogens with zero attached hydrogens (tertiary/aromatic N) is 4. The van der Waals surface area contributed by atoms with Crippen molar-refractivity contribution in [3.63, 3.8) is 0 Å². The zero-order valence-electron chi connectivity index (χ0n) is 8.95. The molecule has 0 saturated carbocycles. The van der Waals surface area contributed by atoms with Crippen LogP contribution in [0.15, 0.2) is 20.2 Å². The van der Waals surface area contributed by atoms with Gasteiger partial charge in [0.05, 0.1) is 0 Å². The van der Waals surface area contributed by atoms with E-state index in [2.05, 4.69) is 15.2 Å². The van der Waals surface area contributed by atoms with E-state index < -0.39 is 5.97 Å². The van der Waals surface area contributed by atoms with Gasteiger partial charge >= 0.3 is 5.97 Å². The standard InChI is InChI=1S/C8H8N4O3S2/c1-12(2)6-10-11-8(16-6)17-7-9-4(3-15-7)5(13)14/h3H,1-2H3,(H,13,14). The first-order valence-corrected chi connectivity index (χ1v) is 6.07. The van der Waals surface area contributed by atoms with Gasteiger partial charge in [0, 0.05) is 25.9 Å². The highest BCUT2D eigenvalue weighted by atomic mass is 32.2. The average molecular weight is 272 g/mol. The van der Waals surface area contributed by atoms with Gasteiger partial charge in [-0.1, -0.05) is 11.3 Å². The first kappa shape index (κ1) is 11.9. The number of rotatable bonds is 4. The molecule has 90 valence electrons. The maximum absolute atomic E-state index is 10.6. The quantitative estimate of drug-likeness (QED) is 0.893. The van der Waals surface area contributed by atoms with Crippen LogP contribution in [-0.2, 0) is 0 Å². The van der Waals surface area contributed by atoms with E-state index in [-0.39, 0.29) is 10.9 Å². The van der Waals surface area contributed by atoms with E-state index in [0.717, 1.165) is 23.2 Å². The number of anilines is 1. The zero-order chi connectivity index (χ0) is 12.4. The predicted molar refractivity (Wildman–Crippen MR) is 61.8 cm³/mol. The fraction of sp³-hybridized carbons (Fsp3) is 0.250. The maximum Gasteiger partial charge on any atom is 0.357 e. The van der Waals surface area contributed by atoms with E-state index in [4.69, 9.17) is 9.52 Å². The van der Waals surface area contributed by atoms with Gasteiger partial charge in [-0.2, -0.15) is 4.98 Å². The first-order valence-electron chi connectivity index (χ1n) is 4.44.